The highest BCUT2D eigenvalue weighted by atomic mass is 19.1. The molecule has 0 unspecified atom stereocenters. The number of methoxy groups -OCH3 is 1. The molecule has 2 aromatic rings. The largest absolute Gasteiger partial charge is 0.464 e. The molecule has 3 rings (SSSR count). The number of alkyl halides is 1. The van der Waals surface area contributed by atoms with Crippen molar-refractivity contribution in [3.05, 3.63) is 53.6 Å². The van der Waals surface area contributed by atoms with Crippen molar-refractivity contribution < 1.29 is 13.9 Å². The van der Waals surface area contributed by atoms with Crippen molar-refractivity contribution in [2.24, 2.45) is 5.41 Å². The number of nitrogens with zero attached hydrogens (tertiary/aromatic N) is 2. The maximum absolute atomic E-state index is 14.5. The lowest BCUT2D eigenvalue weighted by molar-refractivity contribution is 0.0577. The van der Waals surface area contributed by atoms with Gasteiger partial charge in [0.15, 0.2) is 0 Å². The molecule has 0 amide bonds. The van der Waals surface area contributed by atoms with Crippen LogP contribution in [0.1, 0.15) is 54.1 Å². The standard InChI is InChI=1S/C17H19FN2O2/c1-17(2)8-13(18)11-6-4-5-7-12(11)15(17)20-10-19-9-14(20)16(21)22-3/h4-7,9-10,13,15H,8H2,1-3H3/t13-,15+/m1/s1. The molecule has 0 bridgehead atoms. The van der Waals surface area contributed by atoms with Crippen molar-refractivity contribution >= 4 is 5.97 Å². The van der Waals surface area contributed by atoms with E-state index in [4.69, 9.17) is 4.74 Å². The van der Waals surface area contributed by atoms with Crippen molar-refractivity contribution in [2.45, 2.75) is 32.5 Å². The minimum Gasteiger partial charge on any atom is -0.464 e. The highest BCUT2D eigenvalue weighted by Gasteiger charge is 2.42. The van der Waals surface area contributed by atoms with E-state index in [2.05, 4.69) is 4.98 Å². The van der Waals surface area contributed by atoms with Crippen LogP contribution in [0.2, 0.25) is 0 Å². The molecule has 5 heteroatoms. The van der Waals surface area contributed by atoms with Gasteiger partial charge in [-0.15, -0.1) is 0 Å². The second kappa shape index (κ2) is 5.23. The van der Waals surface area contributed by atoms with Crippen molar-refractivity contribution in [2.75, 3.05) is 7.11 Å². The van der Waals surface area contributed by atoms with Gasteiger partial charge in [0.05, 0.1) is 25.7 Å². The van der Waals surface area contributed by atoms with Crippen molar-refractivity contribution in [3.63, 3.8) is 0 Å². The smallest absolute Gasteiger partial charge is 0.356 e. The first-order valence-electron chi connectivity index (χ1n) is 7.28. The lowest BCUT2D eigenvalue weighted by Gasteiger charge is -2.42. The van der Waals surface area contributed by atoms with Gasteiger partial charge in [0.1, 0.15) is 11.9 Å². The second-order valence-electron chi connectivity index (χ2n) is 6.37. The first-order valence-corrected chi connectivity index (χ1v) is 7.28. The molecular weight excluding hydrogens is 283 g/mol. The minimum atomic E-state index is -0.993. The Balaban J connectivity index is 2.19. The third-order valence-corrected chi connectivity index (χ3v) is 4.41. The maximum atomic E-state index is 14.5. The number of hydrogen-bond acceptors (Lipinski definition) is 3. The Morgan fingerprint density at radius 1 is 1.36 bits per heavy atom. The number of fused-ring (bicyclic) bond motifs is 1. The van der Waals surface area contributed by atoms with Gasteiger partial charge in [-0.05, 0) is 23.0 Å². The maximum Gasteiger partial charge on any atom is 0.356 e. The van der Waals surface area contributed by atoms with E-state index in [9.17, 15) is 9.18 Å². The summed E-state index contributed by atoms with van der Waals surface area (Å²) in [6.07, 6.45) is 2.51. The molecule has 1 aromatic heterocycles. The summed E-state index contributed by atoms with van der Waals surface area (Å²) in [6.45, 7) is 4.03. The van der Waals surface area contributed by atoms with Gasteiger partial charge in [0, 0.05) is 0 Å². The average molecular weight is 302 g/mol. The van der Waals surface area contributed by atoms with Crippen LogP contribution in [0.15, 0.2) is 36.8 Å². The van der Waals surface area contributed by atoms with Crippen LogP contribution in [-0.2, 0) is 4.74 Å². The lowest BCUT2D eigenvalue weighted by atomic mass is 9.69. The fraction of sp³-hybridized carbons (Fsp3) is 0.412. The number of rotatable bonds is 2. The fourth-order valence-electron chi connectivity index (χ4n) is 3.45. The molecule has 0 spiro atoms. The van der Waals surface area contributed by atoms with Crippen LogP contribution < -0.4 is 0 Å². The summed E-state index contributed by atoms with van der Waals surface area (Å²) < 4.78 is 21.1. The summed E-state index contributed by atoms with van der Waals surface area (Å²) in [6, 6.07) is 7.32. The van der Waals surface area contributed by atoms with Gasteiger partial charge in [-0.25, -0.2) is 14.2 Å². The molecule has 0 N–H and O–H groups in total. The van der Waals surface area contributed by atoms with Gasteiger partial charge in [-0.1, -0.05) is 38.1 Å². The molecule has 0 aliphatic heterocycles. The molecule has 1 aliphatic rings. The Morgan fingerprint density at radius 2 is 2.05 bits per heavy atom. The SMILES string of the molecule is COC(=O)c1cncn1[C@H]1c2ccccc2[C@H](F)CC1(C)C. The highest BCUT2D eigenvalue weighted by molar-refractivity contribution is 5.87. The topological polar surface area (TPSA) is 44.1 Å². The van der Waals surface area contributed by atoms with Crippen molar-refractivity contribution in [3.8, 4) is 0 Å². The molecule has 1 aromatic carbocycles. The van der Waals surface area contributed by atoms with Crippen LogP contribution >= 0.6 is 0 Å². The van der Waals surface area contributed by atoms with E-state index in [-0.39, 0.29) is 11.5 Å². The lowest BCUT2D eigenvalue weighted by Crippen LogP contribution is -2.35. The molecule has 0 saturated heterocycles. The first-order chi connectivity index (χ1) is 10.5. The number of carbonyl (C=O) groups is 1. The number of hydrogen-bond donors (Lipinski definition) is 0. The van der Waals surface area contributed by atoms with Crippen LogP contribution in [0.25, 0.3) is 0 Å². The summed E-state index contributed by atoms with van der Waals surface area (Å²) in [5.74, 6) is -0.437. The van der Waals surface area contributed by atoms with Gasteiger partial charge < -0.3 is 9.30 Å². The van der Waals surface area contributed by atoms with Crippen LogP contribution in [0, 0.1) is 5.41 Å². The van der Waals surface area contributed by atoms with Crippen molar-refractivity contribution in [1.29, 1.82) is 0 Å². The summed E-state index contributed by atoms with van der Waals surface area (Å²) in [4.78, 5) is 16.1. The molecule has 2 atom stereocenters. The predicted molar refractivity (Wildman–Crippen MR) is 80.4 cm³/mol. The Hall–Kier alpha value is -2.17. The van der Waals surface area contributed by atoms with Gasteiger partial charge >= 0.3 is 5.97 Å². The second-order valence-corrected chi connectivity index (χ2v) is 6.37. The quantitative estimate of drug-likeness (QED) is 0.795. The molecule has 22 heavy (non-hydrogen) atoms. The van der Waals surface area contributed by atoms with Gasteiger partial charge in [-0.3, -0.25) is 0 Å². The number of imidazole rings is 1. The molecule has 0 radical (unpaired) electrons. The van der Waals surface area contributed by atoms with E-state index < -0.39 is 12.1 Å². The summed E-state index contributed by atoms with van der Waals surface area (Å²) in [7, 11) is 1.34. The molecular formula is C17H19FN2O2. The molecule has 1 heterocycles. The molecule has 116 valence electrons. The van der Waals surface area contributed by atoms with E-state index in [0.29, 0.717) is 17.7 Å². The van der Waals surface area contributed by atoms with Crippen molar-refractivity contribution in [1.82, 2.24) is 9.55 Å². The third kappa shape index (κ3) is 2.21. The predicted octanol–water partition coefficient (Wildman–Crippen LogP) is 3.70. The fourth-order valence-corrected chi connectivity index (χ4v) is 3.45. The molecule has 0 fully saturated rings. The molecule has 1 aliphatic carbocycles. The van der Waals surface area contributed by atoms with E-state index in [1.165, 1.54) is 13.3 Å². The monoisotopic (exact) mass is 302 g/mol. The number of carbonyl (C=O) groups excluding carboxylic acids is 1. The third-order valence-electron chi connectivity index (χ3n) is 4.41. The number of halogens is 1. The number of ether oxygens (including phenoxy) is 1. The summed E-state index contributed by atoms with van der Waals surface area (Å²) >= 11 is 0. The van der Waals surface area contributed by atoms with Crippen LogP contribution in [0.5, 0.6) is 0 Å². The van der Waals surface area contributed by atoms with Crippen LogP contribution in [-0.4, -0.2) is 22.6 Å². The van der Waals surface area contributed by atoms with Gasteiger partial charge in [-0.2, -0.15) is 0 Å². The zero-order chi connectivity index (χ0) is 15.9. The molecule has 0 saturated carbocycles. The Morgan fingerprint density at radius 3 is 2.73 bits per heavy atom. The summed E-state index contributed by atoms with van der Waals surface area (Å²) in [5, 5.41) is 0. The number of esters is 1. The minimum absolute atomic E-state index is 0.160. The van der Waals surface area contributed by atoms with E-state index in [1.807, 2.05) is 38.1 Å². The average Bonchev–Trinajstić information content (AvgIpc) is 2.94. The van der Waals surface area contributed by atoms with Gasteiger partial charge in [0.2, 0.25) is 0 Å². The number of aromatic nitrogens is 2. The van der Waals surface area contributed by atoms with E-state index >= 15 is 0 Å². The van der Waals surface area contributed by atoms with Crippen LogP contribution in [0.3, 0.4) is 0 Å². The zero-order valence-corrected chi connectivity index (χ0v) is 12.9. The first kappa shape index (κ1) is 14.8. The van der Waals surface area contributed by atoms with Gasteiger partial charge in [0.25, 0.3) is 0 Å². The van der Waals surface area contributed by atoms with Crippen LogP contribution in [0.4, 0.5) is 4.39 Å². The van der Waals surface area contributed by atoms with E-state index in [1.54, 1.807) is 10.9 Å². The normalized spacial score (nSPS) is 22.9. The molecule has 4 nitrogen and oxygen atoms in total. The zero-order valence-electron chi connectivity index (χ0n) is 12.9. The Bertz CT molecular complexity index is 708. The Labute approximate surface area is 128 Å². The highest BCUT2D eigenvalue weighted by Crippen LogP contribution is 2.51. The summed E-state index contributed by atoms with van der Waals surface area (Å²) in [5.41, 5.74) is 1.62. The Kier molecular flexibility index (Phi) is 3.51. The van der Waals surface area contributed by atoms with E-state index in [0.717, 1.165) is 5.56 Å². The number of benzene rings is 1.